The van der Waals surface area contributed by atoms with Crippen LogP contribution in [0, 0.1) is 0 Å². The van der Waals surface area contributed by atoms with Crippen LogP contribution >= 0.6 is 0 Å². The van der Waals surface area contributed by atoms with E-state index in [9.17, 15) is 0 Å². The Balaban J connectivity index is 1.62. The largest absolute Gasteiger partial charge is 0.497 e. The predicted molar refractivity (Wildman–Crippen MR) is 98.9 cm³/mol. The maximum Gasteiger partial charge on any atom is 0.222 e. The number of ether oxygens (including phenoxy) is 2. The van der Waals surface area contributed by atoms with Gasteiger partial charge in [-0.1, -0.05) is 18.2 Å². The van der Waals surface area contributed by atoms with E-state index in [-0.39, 0.29) is 5.95 Å². The molecule has 0 bridgehead atoms. The Morgan fingerprint density at radius 3 is 2.44 bits per heavy atom. The highest BCUT2D eigenvalue weighted by molar-refractivity contribution is 5.64. The fraction of sp³-hybridized carbons (Fsp3) is 0.158. The lowest BCUT2D eigenvalue weighted by atomic mass is 10.1. The van der Waals surface area contributed by atoms with E-state index in [0.717, 1.165) is 22.8 Å². The quantitative estimate of drug-likeness (QED) is 0.645. The second-order valence-electron chi connectivity index (χ2n) is 5.31. The third-order valence-electron chi connectivity index (χ3n) is 3.55. The summed E-state index contributed by atoms with van der Waals surface area (Å²) in [6, 6.07) is 19.2. The van der Waals surface area contributed by atoms with Crippen LogP contribution in [0.4, 0.5) is 11.8 Å². The van der Waals surface area contributed by atoms with Crippen LogP contribution in [-0.2, 0) is 0 Å². The first-order valence-electron chi connectivity index (χ1n) is 7.95. The van der Waals surface area contributed by atoms with Gasteiger partial charge in [-0.05, 0) is 36.4 Å². The first kappa shape index (κ1) is 16.6. The molecule has 1 heterocycles. The zero-order chi connectivity index (χ0) is 17.5. The number of aromatic nitrogens is 2. The third kappa shape index (κ3) is 4.60. The van der Waals surface area contributed by atoms with Crippen molar-refractivity contribution in [3.8, 4) is 22.8 Å². The summed E-state index contributed by atoms with van der Waals surface area (Å²) in [5.41, 5.74) is 7.52. The number of methoxy groups -OCH3 is 1. The minimum absolute atomic E-state index is 0.222. The molecule has 3 aromatic rings. The molecular formula is C19H20N4O2. The van der Waals surface area contributed by atoms with Gasteiger partial charge in [-0.2, -0.15) is 4.98 Å². The van der Waals surface area contributed by atoms with Crippen LogP contribution < -0.4 is 20.5 Å². The van der Waals surface area contributed by atoms with Gasteiger partial charge in [-0.3, -0.25) is 0 Å². The normalized spacial score (nSPS) is 10.3. The fourth-order valence-electron chi connectivity index (χ4n) is 2.33. The molecule has 0 radical (unpaired) electrons. The van der Waals surface area contributed by atoms with E-state index < -0.39 is 0 Å². The van der Waals surface area contributed by atoms with Gasteiger partial charge in [0, 0.05) is 11.6 Å². The lowest BCUT2D eigenvalue weighted by Crippen LogP contribution is -2.13. The molecule has 0 fully saturated rings. The molecule has 25 heavy (non-hydrogen) atoms. The van der Waals surface area contributed by atoms with Gasteiger partial charge in [0.15, 0.2) is 0 Å². The number of anilines is 2. The van der Waals surface area contributed by atoms with Gasteiger partial charge < -0.3 is 20.5 Å². The van der Waals surface area contributed by atoms with Crippen molar-refractivity contribution in [3.63, 3.8) is 0 Å². The smallest absolute Gasteiger partial charge is 0.222 e. The molecule has 6 nitrogen and oxygen atoms in total. The Kier molecular flexibility index (Phi) is 5.31. The van der Waals surface area contributed by atoms with Crippen molar-refractivity contribution >= 4 is 11.8 Å². The second-order valence-corrected chi connectivity index (χ2v) is 5.31. The summed E-state index contributed by atoms with van der Waals surface area (Å²) in [6.07, 6.45) is 0. The van der Waals surface area contributed by atoms with Crippen LogP contribution in [0.3, 0.4) is 0 Å². The highest BCUT2D eigenvalue weighted by Crippen LogP contribution is 2.23. The van der Waals surface area contributed by atoms with Crippen LogP contribution in [0.25, 0.3) is 11.3 Å². The molecule has 0 aliphatic carbocycles. The van der Waals surface area contributed by atoms with E-state index in [1.54, 1.807) is 7.11 Å². The van der Waals surface area contributed by atoms with Crippen molar-refractivity contribution < 1.29 is 9.47 Å². The Labute approximate surface area is 146 Å². The number of nitrogens with one attached hydrogen (secondary N) is 1. The molecule has 0 saturated heterocycles. The summed E-state index contributed by atoms with van der Waals surface area (Å²) >= 11 is 0. The van der Waals surface area contributed by atoms with E-state index in [1.807, 2.05) is 60.7 Å². The molecule has 3 N–H and O–H groups in total. The predicted octanol–water partition coefficient (Wildman–Crippen LogP) is 3.23. The molecular weight excluding hydrogens is 316 g/mol. The zero-order valence-electron chi connectivity index (χ0n) is 14.0. The number of hydrogen-bond donors (Lipinski definition) is 2. The summed E-state index contributed by atoms with van der Waals surface area (Å²) in [7, 11) is 1.64. The standard InChI is InChI=1S/C19H20N4O2/c1-24-15-9-7-14(8-10-15)17-13-18(23-19(20)22-17)21-11-12-25-16-5-3-2-4-6-16/h2-10,13H,11-12H2,1H3,(H3,20,21,22,23). The topological polar surface area (TPSA) is 82.3 Å². The molecule has 128 valence electrons. The molecule has 0 amide bonds. The monoisotopic (exact) mass is 336 g/mol. The Morgan fingerprint density at radius 1 is 0.960 bits per heavy atom. The first-order chi connectivity index (χ1) is 12.2. The van der Waals surface area contributed by atoms with Crippen molar-refractivity contribution in [2.75, 3.05) is 31.3 Å². The average Bonchev–Trinajstić information content (AvgIpc) is 2.66. The van der Waals surface area contributed by atoms with E-state index >= 15 is 0 Å². The van der Waals surface area contributed by atoms with Gasteiger partial charge in [-0.25, -0.2) is 4.98 Å². The molecule has 2 aromatic carbocycles. The first-order valence-corrected chi connectivity index (χ1v) is 7.95. The summed E-state index contributed by atoms with van der Waals surface area (Å²) < 4.78 is 10.8. The lowest BCUT2D eigenvalue weighted by Gasteiger charge is -2.10. The van der Waals surface area contributed by atoms with Gasteiger partial charge in [0.05, 0.1) is 19.3 Å². The summed E-state index contributed by atoms with van der Waals surface area (Å²) in [4.78, 5) is 8.50. The maximum absolute atomic E-state index is 5.83. The highest BCUT2D eigenvalue weighted by atomic mass is 16.5. The summed E-state index contributed by atoms with van der Waals surface area (Å²) in [5, 5.41) is 3.21. The SMILES string of the molecule is COc1ccc(-c2cc(NCCOc3ccccc3)nc(N)n2)cc1. The fourth-order valence-corrected chi connectivity index (χ4v) is 2.33. The van der Waals surface area contributed by atoms with Gasteiger partial charge in [0.25, 0.3) is 0 Å². The molecule has 6 heteroatoms. The molecule has 0 atom stereocenters. The number of rotatable bonds is 7. The number of nitrogens with zero attached hydrogens (tertiary/aromatic N) is 2. The van der Waals surface area contributed by atoms with Crippen molar-refractivity contribution in [2.45, 2.75) is 0 Å². The van der Waals surface area contributed by atoms with Crippen LogP contribution in [0.2, 0.25) is 0 Å². The molecule has 0 unspecified atom stereocenters. The van der Waals surface area contributed by atoms with E-state index in [4.69, 9.17) is 15.2 Å². The second kappa shape index (κ2) is 8.01. The zero-order valence-corrected chi connectivity index (χ0v) is 14.0. The van der Waals surface area contributed by atoms with Gasteiger partial charge in [0.2, 0.25) is 5.95 Å². The number of nitrogens with two attached hydrogens (primary N) is 1. The maximum atomic E-state index is 5.83. The summed E-state index contributed by atoms with van der Waals surface area (Å²) in [5.74, 6) is 2.52. The van der Waals surface area contributed by atoms with E-state index in [0.29, 0.717) is 19.0 Å². The van der Waals surface area contributed by atoms with Crippen molar-refractivity contribution in [2.24, 2.45) is 0 Å². The van der Waals surface area contributed by atoms with Crippen molar-refractivity contribution in [3.05, 3.63) is 60.7 Å². The Bertz CT molecular complexity index is 807. The highest BCUT2D eigenvalue weighted by Gasteiger charge is 2.05. The number of nitrogen functional groups attached to an aromatic ring is 1. The number of benzene rings is 2. The van der Waals surface area contributed by atoms with Crippen LogP contribution in [-0.4, -0.2) is 30.2 Å². The Hall–Kier alpha value is -3.28. The molecule has 3 rings (SSSR count). The number of hydrogen-bond acceptors (Lipinski definition) is 6. The van der Waals surface area contributed by atoms with Crippen LogP contribution in [0.1, 0.15) is 0 Å². The van der Waals surface area contributed by atoms with Crippen LogP contribution in [0.5, 0.6) is 11.5 Å². The minimum atomic E-state index is 0.222. The van der Waals surface area contributed by atoms with Crippen LogP contribution in [0.15, 0.2) is 60.7 Å². The summed E-state index contributed by atoms with van der Waals surface area (Å²) in [6.45, 7) is 1.12. The van der Waals surface area contributed by atoms with E-state index in [1.165, 1.54) is 0 Å². The lowest BCUT2D eigenvalue weighted by molar-refractivity contribution is 0.333. The van der Waals surface area contributed by atoms with Gasteiger partial charge >= 0.3 is 0 Å². The van der Waals surface area contributed by atoms with Crippen molar-refractivity contribution in [1.29, 1.82) is 0 Å². The van der Waals surface area contributed by atoms with Gasteiger partial charge in [0.1, 0.15) is 23.9 Å². The third-order valence-corrected chi connectivity index (χ3v) is 3.55. The average molecular weight is 336 g/mol. The van der Waals surface area contributed by atoms with Gasteiger partial charge in [-0.15, -0.1) is 0 Å². The molecule has 1 aromatic heterocycles. The van der Waals surface area contributed by atoms with E-state index in [2.05, 4.69) is 15.3 Å². The van der Waals surface area contributed by atoms with Crippen molar-refractivity contribution in [1.82, 2.24) is 9.97 Å². The number of para-hydroxylation sites is 1. The molecule has 0 spiro atoms. The minimum Gasteiger partial charge on any atom is -0.497 e. The molecule has 0 aliphatic heterocycles. The molecule has 0 aliphatic rings. The Morgan fingerprint density at radius 2 is 1.72 bits per heavy atom. The molecule has 0 saturated carbocycles.